The number of amides is 1. The van der Waals surface area contributed by atoms with E-state index in [0.29, 0.717) is 17.8 Å². The summed E-state index contributed by atoms with van der Waals surface area (Å²) in [6, 6.07) is 12.6. The summed E-state index contributed by atoms with van der Waals surface area (Å²) >= 11 is 2.71. The molecule has 2 aromatic heterocycles. The summed E-state index contributed by atoms with van der Waals surface area (Å²) in [5.74, 6) is -1.69. The van der Waals surface area contributed by atoms with Gasteiger partial charge in [-0.3, -0.25) is 9.59 Å². The molecule has 1 N–H and O–H groups in total. The van der Waals surface area contributed by atoms with E-state index in [4.69, 9.17) is 0 Å². The van der Waals surface area contributed by atoms with E-state index in [1.54, 1.807) is 29.6 Å². The Hall–Kier alpha value is -2.77. The van der Waals surface area contributed by atoms with Gasteiger partial charge >= 0.3 is 0 Å². The molecular weight excluding hydrogens is 397 g/mol. The highest BCUT2D eigenvalue weighted by molar-refractivity contribution is 7.12. The number of benzene rings is 1. The number of halogens is 1. The third-order valence-corrected chi connectivity index (χ3v) is 6.45. The number of carbonyl (C=O) groups excluding carboxylic acids is 2. The molecule has 0 fully saturated rings. The number of hydrogen-bond donors (Lipinski definition) is 1. The second kappa shape index (κ2) is 7.69. The first-order valence-electron chi connectivity index (χ1n) is 8.66. The van der Waals surface area contributed by atoms with Gasteiger partial charge in [0.05, 0.1) is 16.5 Å². The summed E-state index contributed by atoms with van der Waals surface area (Å²) in [7, 11) is 0. The Morgan fingerprint density at radius 3 is 2.43 bits per heavy atom. The standard InChI is InChI=1S/C21H16FNO3S2/c22-14-7-5-13(6-8-14)9-10-23-18(15-3-1-11-27-15)17(20(25)21(23)26)19(24)16-4-2-12-28-16/h1-8,11-12,18,25H,9-10H2. The summed E-state index contributed by atoms with van der Waals surface area (Å²) in [6.45, 7) is 0.304. The number of Topliss-reactive ketones (excluding diaryl/α,β-unsaturated/α-hetero) is 1. The van der Waals surface area contributed by atoms with Crippen LogP contribution in [0.3, 0.4) is 0 Å². The topological polar surface area (TPSA) is 57.6 Å². The number of ketones is 1. The number of thiophene rings is 2. The average molecular weight is 413 g/mol. The monoisotopic (exact) mass is 413 g/mol. The van der Waals surface area contributed by atoms with Crippen molar-refractivity contribution < 1.29 is 19.1 Å². The highest BCUT2D eigenvalue weighted by Crippen LogP contribution is 2.41. The van der Waals surface area contributed by atoms with E-state index in [2.05, 4.69) is 0 Å². The number of hydrogen-bond acceptors (Lipinski definition) is 5. The van der Waals surface area contributed by atoms with Crippen molar-refractivity contribution in [3.63, 3.8) is 0 Å². The molecule has 1 amide bonds. The zero-order chi connectivity index (χ0) is 19.7. The van der Waals surface area contributed by atoms with Crippen LogP contribution < -0.4 is 0 Å². The average Bonchev–Trinajstić information content (AvgIpc) is 3.44. The van der Waals surface area contributed by atoms with Crippen molar-refractivity contribution in [2.45, 2.75) is 12.5 Å². The van der Waals surface area contributed by atoms with Gasteiger partial charge < -0.3 is 10.0 Å². The fourth-order valence-corrected chi connectivity index (χ4v) is 4.82. The van der Waals surface area contributed by atoms with Crippen molar-refractivity contribution in [1.29, 1.82) is 0 Å². The molecular formula is C21H16FNO3S2. The van der Waals surface area contributed by atoms with Gasteiger partial charge in [0.25, 0.3) is 5.91 Å². The van der Waals surface area contributed by atoms with Crippen LogP contribution in [0, 0.1) is 5.82 Å². The maximum atomic E-state index is 13.1. The minimum absolute atomic E-state index is 0.119. The third-order valence-electron chi connectivity index (χ3n) is 4.66. The number of carbonyl (C=O) groups is 2. The lowest BCUT2D eigenvalue weighted by atomic mass is 10.0. The summed E-state index contributed by atoms with van der Waals surface area (Å²) < 4.78 is 13.1. The minimum Gasteiger partial charge on any atom is -0.503 e. The van der Waals surface area contributed by atoms with E-state index in [0.717, 1.165) is 10.4 Å². The number of rotatable bonds is 6. The SMILES string of the molecule is O=C(C1=C(O)C(=O)N(CCc2ccc(F)cc2)C1c1cccs1)c1cccs1. The summed E-state index contributed by atoms with van der Waals surface area (Å²) in [4.78, 5) is 28.6. The molecule has 0 radical (unpaired) electrons. The van der Waals surface area contributed by atoms with E-state index in [-0.39, 0.29) is 17.2 Å². The molecule has 4 rings (SSSR count). The van der Waals surface area contributed by atoms with Gasteiger partial charge in [0.1, 0.15) is 5.82 Å². The van der Waals surface area contributed by atoms with Crippen molar-refractivity contribution >= 4 is 34.4 Å². The zero-order valence-corrected chi connectivity index (χ0v) is 16.3. The molecule has 0 aliphatic carbocycles. The first-order chi connectivity index (χ1) is 13.6. The van der Waals surface area contributed by atoms with E-state index < -0.39 is 17.7 Å². The lowest BCUT2D eigenvalue weighted by molar-refractivity contribution is -0.129. The van der Waals surface area contributed by atoms with Crippen LogP contribution >= 0.6 is 22.7 Å². The van der Waals surface area contributed by atoms with Crippen LogP contribution in [-0.4, -0.2) is 28.2 Å². The molecule has 0 spiro atoms. The molecule has 1 atom stereocenters. The molecule has 1 aliphatic rings. The zero-order valence-electron chi connectivity index (χ0n) is 14.7. The Labute approximate surface area is 169 Å². The Kier molecular flexibility index (Phi) is 5.11. The minimum atomic E-state index is -0.623. The molecule has 0 saturated heterocycles. The molecule has 142 valence electrons. The fraction of sp³-hybridized carbons (Fsp3) is 0.143. The van der Waals surface area contributed by atoms with E-state index in [1.807, 2.05) is 17.5 Å². The highest BCUT2D eigenvalue weighted by Gasteiger charge is 2.44. The third kappa shape index (κ3) is 3.39. The number of nitrogens with zero attached hydrogens (tertiary/aromatic N) is 1. The van der Waals surface area contributed by atoms with E-state index >= 15 is 0 Å². The van der Waals surface area contributed by atoms with Gasteiger partial charge in [0.15, 0.2) is 5.76 Å². The molecule has 7 heteroatoms. The Morgan fingerprint density at radius 2 is 1.79 bits per heavy atom. The summed E-state index contributed by atoms with van der Waals surface area (Å²) in [5.41, 5.74) is 0.991. The molecule has 1 aromatic carbocycles. The predicted molar refractivity (Wildman–Crippen MR) is 107 cm³/mol. The van der Waals surface area contributed by atoms with Crippen molar-refractivity contribution in [2.24, 2.45) is 0 Å². The molecule has 0 saturated carbocycles. The highest BCUT2D eigenvalue weighted by atomic mass is 32.1. The van der Waals surface area contributed by atoms with Gasteiger partial charge in [0.2, 0.25) is 5.78 Å². The predicted octanol–water partition coefficient (Wildman–Crippen LogP) is 4.77. The summed E-state index contributed by atoms with van der Waals surface area (Å²) in [6.07, 6.45) is 0.488. The van der Waals surface area contributed by atoms with Gasteiger partial charge in [-0.1, -0.05) is 24.3 Å². The van der Waals surface area contributed by atoms with Gasteiger partial charge in [0, 0.05) is 11.4 Å². The lowest BCUT2D eigenvalue weighted by Gasteiger charge is -2.25. The molecule has 1 aliphatic heterocycles. The molecule has 3 aromatic rings. The Morgan fingerprint density at radius 1 is 1.07 bits per heavy atom. The quantitative estimate of drug-likeness (QED) is 0.592. The van der Waals surface area contributed by atoms with Crippen LogP contribution in [0.4, 0.5) is 4.39 Å². The van der Waals surface area contributed by atoms with Crippen molar-refractivity contribution in [1.82, 2.24) is 4.90 Å². The second-order valence-electron chi connectivity index (χ2n) is 6.36. The number of aliphatic hydroxyl groups excluding tert-OH is 1. The Balaban J connectivity index is 1.66. The molecule has 1 unspecified atom stereocenters. The summed E-state index contributed by atoms with van der Waals surface area (Å²) in [5, 5.41) is 14.2. The molecule has 4 nitrogen and oxygen atoms in total. The van der Waals surface area contributed by atoms with Crippen LogP contribution in [0.5, 0.6) is 0 Å². The van der Waals surface area contributed by atoms with Gasteiger partial charge in [-0.25, -0.2) is 4.39 Å². The first-order valence-corrected chi connectivity index (χ1v) is 10.4. The maximum Gasteiger partial charge on any atom is 0.290 e. The smallest absolute Gasteiger partial charge is 0.290 e. The molecule has 3 heterocycles. The normalized spacial score (nSPS) is 16.8. The van der Waals surface area contributed by atoms with Crippen LogP contribution in [0.15, 0.2) is 70.6 Å². The first kappa shape index (κ1) is 18.6. The van der Waals surface area contributed by atoms with E-state index in [1.165, 1.54) is 39.7 Å². The van der Waals surface area contributed by atoms with Crippen LogP contribution in [-0.2, 0) is 11.2 Å². The maximum absolute atomic E-state index is 13.1. The second-order valence-corrected chi connectivity index (χ2v) is 8.29. The van der Waals surface area contributed by atoms with Gasteiger partial charge in [-0.05, 0) is 47.0 Å². The van der Waals surface area contributed by atoms with Crippen molar-refractivity contribution in [3.05, 3.63) is 91.8 Å². The molecule has 0 bridgehead atoms. The van der Waals surface area contributed by atoms with Gasteiger partial charge in [-0.2, -0.15) is 0 Å². The lowest BCUT2D eigenvalue weighted by Crippen LogP contribution is -2.32. The van der Waals surface area contributed by atoms with E-state index in [9.17, 15) is 19.1 Å². The largest absolute Gasteiger partial charge is 0.503 e. The van der Waals surface area contributed by atoms with Crippen molar-refractivity contribution in [2.75, 3.05) is 6.54 Å². The fourth-order valence-electron chi connectivity index (χ4n) is 3.30. The number of aliphatic hydroxyl groups is 1. The van der Waals surface area contributed by atoms with Crippen LogP contribution in [0.2, 0.25) is 0 Å². The molecule has 28 heavy (non-hydrogen) atoms. The van der Waals surface area contributed by atoms with Gasteiger partial charge in [-0.15, -0.1) is 22.7 Å². The van der Waals surface area contributed by atoms with Crippen LogP contribution in [0.1, 0.15) is 26.2 Å². The van der Waals surface area contributed by atoms with Crippen LogP contribution in [0.25, 0.3) is 0 Å². The van der Waals surface area contributed by atoms with Crippen molar-refractivity contribution in [3.8, 4) is 0 Å². The Bertz CT molecular complexity index is 1020.